The second-order valence-corrected chi connectivity index (χ2v) is 4.54. The highest BCUT2D eigenvalue weighted by Crippen LogP contribution is 2.20. The summed E-state index contributed by atoms with van der Waals surface area (Å²) in [5.74, 6) is 0.509. The third kappa shape index (κ3) is 4.16. The topological polar surface area (TPSA) is 94.7 Å². The summed E-state index contributed by atoms with van der Waals surface area (Å²) < 4.78 is 15.8. The first-order valence-electron chi connectivity index (χ1n) is 5.61. The molecule has 0 amide bonds. The fourth-order valence-corrected chi connectivity index (χ4v) is 1.82. The standard InChI is InChI=1S/C12H12N2O5S/c1-17-8-3-2-4-9(5-8)18-6-10-13-14-12(19-10)20-7-11(15)16/h2-5H,6-7H2,1H3,(H,15,16). The largest absolute Gasteiger partial charge is 0.497 e. The third-order valence-corrected chi connectivity index (χ3v) is 2.97. The van der Waals surface area contributed by atoms with Crippen LogP contribution < -0.4 is 9.47 Å². The van der Waals surface area contributed by atoms with Gasteiger partial charge in [0, 0.05) is 6.07 Å². The van der Waals surface area contributed by atoms with Gasteiger partial charge in [0.2, 0.25) is 0 Å². The summed E-state index contributed by atoms with van der Waals surface area (Å²) >= 11 is 0.962. The molecule has 20 heavy (non-hydrogen) atoms. The van der Waals surface area contributed by atoms with E-state index in [1.807, 2.05) is 0 Å². The Labute approximate surface area is 118 Å². The number of carboxylic acid groups (broad SMARTS) is 1. The molecule has 1 heterocycles. The van der Waals surface area contributed by atoms with Crippen molar-refractivity contribution in [2.75, 3.05) is 12.9 Å². The van der Waals surface area contributed by atoms with Crippen molar-refractivity contribution in [2.45, 2.75) is 11.8 Å². The smallest absolute Gasteiger partial charge is 0.314 e. The molecule has 0 aliphatic heterocycles. The summed E-state index contributed by atoms with van der Waals surface area (Å²) in [6, 6.07) is 7.12. The summed E-state index contributed by atoms with van der Waals surface area (Å²) in [4.78, 5) is 10.4. The van der Waals surface area contributed by atoms with Crippen molar-refractivity contribution in [1.82, 2.24) is 10.2 Å². The Morgan fingerprint density at radius 1 is 1.40 bits per heavy atom. The molecular weight excluding hydrogens is 284 g/mol. The Hall–Kier alpha value is -2.22. The van der Waals surface area contributed by atoms with Crippen LogP contribution in [-0.4, -0.2) is 34.1 Å². The molecule has 7 nitrogen and oxygen atoms in total. The monoisotopic (exact) mass is 296 g/mol. The van der Waals surface area contributed by atoms with Crippen LogP contribution in [0.15, 0.2) is 33.9 Å². The zero-order valence-electron chi connectivity index (χ0n) is 10.6. The number of aliphatic carboxylic acids is 1. The van der Waals surface area contributed by atoms with Gasteiger partial charge in [-0.2, -0.15) is 0 Å². The molecule has 8 heteroatoms. The fourth-order valence-electron chi connectivity index (χ4n) is 1.31. The van der Waals surface area contributed by atoms with Crippen molar-refractivity contribution in [2.24, 2.45) is 0 Å². The number of carbonyl (C=O) groups is 1. The van der Waals surface area contributed by atoms with Gasteiger partial charge in [-0.15, -0.1) is 10.2 Å². The lowest BCUT2D eigenvalue weighted by atomic mass is 10.3. The molecule has 0 aliphatic rings. The number of carboxylic acids is 1. The maximum Gasteiger partial charge on any atom is 0.314 e. The van der Waals surface area contributed by atoms with Crippen molar-refractivity contribution < 1.29 is 23.8 Å². The third-order valence-electron chi connectivity index (χ3n) is 2.17. The molecule has 2 rings (SSSR count). The van der Waals surface area contributed by atoms with Gasteiger partial charge in [-0.3, -0.25) is 4.79 Å². The van der Waals surface area contributed by atoms with E-state index in [4.69, 9.17) is 19.0 Å². The molecule has 1 aromatic heterocycles. The number of rotatable bonds is 7. The number of methoxy groups -OCH3 is 1. The average molecular weight is 296 g/mol. The zero-order valence-corrected chi connectivity index (χ0v) is 11.4. The Morgan fingerprint density at radius 3 is 2.95 bits per heavy atom. The number of ether oxygens (including phenoxy) is 2. The van der Waals surface area contributed by atoms with Crippen LogP contribution in [0.4, 0.5) is 0 Å². The molecule has 0 atom stereocenters. The lowest BCUT2D eigenvalue weighted by molar-refractivity contribution is -0.133. The van der Waals surface area contributed by atoms with Gasteiger partial charge in [0.05, 0.1) is 7.11 Å². The molecule has 0 bridgehead atoms. The van der Waals surface area contributed by atoms with Crippen LogP contribution >= 0.6 is 11.8 Å². The van der Waals surface area contributed by atoms with Gasteiger partial charge >= 0.3 is 5.97 Å². The summed E-state index contributed by atoms with van der Waals surface area (Å²) in [5, 5.41) is 16.2. The zero-order chi connectivity index (χ0) is 14.4. The lowest BCUT2D eigenvalue weighted by Crippen LogP contribution is -1.97. The van der Waals surface area contributed by atoms with Crippen molar-refractivity contribution >= 4 is 17.7 Å². The Balaban J connectivity index is 1.88. The minimum atomic E-state index is -0.942. The van der Waals surface area contributed by atoms with Crippen LogP contribution in [0.3, 0.4) is 0 Å². The highest BCUT2D eigenvalue weighted by molar-refractivity contribution is 7.99. The fraction of sp³-hybridized carbons (Fsp3) is 0.250. The maximum atomic E-state index is 10.4. The van der Waals surface area contributed by atoms with Gasteiger partial charge in [0.25, 0.3) is 11.1 Å². The van der Waals surface area contributed by atoms with Crippen molar-refractivity contribution in [3.05, 3.63) is 30.2 Å². The number of thioether (sulfide) groups is 1. The SMILES string of the molecule is COc1cccc(OCc2nnc(SCC(=O)O)o2)c1. The molecule has 0 spiro atoms. The maximum absolute atomic E-state index is 10.4. The molecular formula is C12H12N2O5S. The van der Waals surface area contributed by atoms with Gasteiger partial charge in [-0.25, -0.2) is 0 Å². The molecule has 0 fully saturated rings. The number of aromatic nitrogens is 2. The molecule has 0 saturated carbocycles. The van der Waals surface area contributed by atoms with Crippen molar-refractivity contribution in [3.8, 4) is 11.5 Å². The van der Waals surface area contributed by atoms with E-state index in [1.165, 1.54) is 0 Å². The van der Waals surface area contributed by atoms with E-state index in [1.54, 1.807) is 31.4 Å². The molecule has 0 radical (unpaired) electrons. The van der Waals surface area contributed by atoms with E-state index < -0.39 is 5.97 Å². The van der Waals surface area contributed by atoms with Crippen LogP contribution in [0.25, 0.3) is 0 Å². The minimum absolute atomic E-state index is 0.105. The van der Waals surface area contributed by atoms with Gasteiger partial charge in [-0.1, -0.05) is 17.8 Å². The summed E-state index contributed by atoms with van der Waals surface area (Å²) in [6.45, 7) is 0.105. The van der Waals surface area contributed by atoms with E-state index in [0.717, 1.165) is 11.8 Å². The van der Waals surface area contributed by atoms with Crippen molar-refractivity contribution in [3.63, 3.8) is 0 Å². The van der Waals surface area contributed by atoms with E-state index in [9.17, 15) is 4.79 Å². The predicted molar refractivity (Wildman–Crippen MR) is 70.0 cm³/mol. The Bertz CT molecular complexity index is 587. The number of hydrogen-bond acceptors (Lipinski definition) is 7. The molecule has 1 aromatic carbocycles. The summed E-state index contributed by atoms with van der Waals surface area (Å²) in [5.41, 5.74) is 0. The van der Waals surface area contributed by atoms with Crippen LogP contribution in [0.1, 0.15) is 5.89 Å². The van der Waals surface area contributed by atoms with Gasteiger partial charge < -0.3 is 19.0 Å². The molecule has 0 saturated heterocycles. The van der Waals surface area contributed by atoms with Crippen LogP contribution in [0.5, 0.6) is 11.5 Å². The molecule has 2 aromatic rings. The Morgan fingerprint density at radius 2 is 2.20 bits per heavy atom. The van der Waals surface area contributed by atoms with Crippen LogP contribution in [0, 0.1) is 0 Å². The minimum Gasteiger partial charge on any atom is -0.497 e. The highest BCUT2D eigenvalue weighted by Gasteiger charge is 2.09. The van der Waals surface area contributed by atoms with Gasteiger partial charge in [0.15, 0.2) is 6.61 Å². The first kappa shape index (κ1) is 14.2. The predicted octanol–water partition coefficient (Wildman–Crippen LogP) is 1.83. The second kappa shape index (κ2) is 6.80. The van der Waals surface area contributed by atoms with Gasteiger partial charge in [0.1, 0.15) is 17.3 Å². The summed E-state index contributed by atoms with van der Waals surface area (Å²) in [6.07, 6.45) is 0. The number of benzene rings is 1. The highest BCUT2D eigenvalue weighted by atomic mass is 32.2. The average Bonchev–Trinajstić information content (AvgIpc) is 2.91. The van der Waals surface area contributed by atoms with E-state index in [2.05, 4.69) is 10.2 Å². The molecule has 1 N–H and O–H groups in total. The second-order valence-electron chi connectivity index (χ2n) is 3.61. The Kier molecular flexibility index (Phi) is 4.83. The van der Waals surface area contributed by atoms with E-state index >= 15 is 0 Å². The molecule has 106 valence electrons. The van der Waals surface area contributed by atoms with Crippen LogP contribution in [-0.2, 0) is 11.4 Å². The first-order chi connectivity index (χ1) is 9.67. The quantitative estimate of drug-likeness (QED) is 0.773. The van der Waals surface area contributed by atoms with E-state index in [-0.39, 0.29) is 23.5 Å². The molecule has 0 unspecified atom stereocenters. The lowest BCUT2D eigenvalue weighted by Gasteiger charge is -2.05. The van der Waals surface area contributed by atoms with E-state index in [0.29, 0.717) is 11.5 Å². The number of nitrogens with zero attached hydrogens (tertiary/aromatic N) is 2. The van der Waals surface area contributed by atoms with Crippen LogP contribution in [0.2, 0.25) is 0 Å². The van der Waals surface area contributed by atoms with Gasteiger partial charge in [-0.05, 0) is 12.1 Å². The normalized spacial score (nSPS) is 10.2. The first-order valence-corrected chi connectivity index (χ1v) is 6.60. The number of hydrogen-bond donors (Lipinski definition) is 1. The van der Waals surface area contributed by atoms with Crippen molar-refractivity contribution in [1.29, 1.82) is 0 Å². The molecule has 0 aliphatic carbocycles. The summed E-state index contributed by atoms with van der Waals surface area (Å²) in [7, 11) is 1.57.